The van der Waals surface area contributed by atoms with Crippen LogP contribution in [-0.4, -0.2) is 29.9 Å². The minimum atomic E-state index is -0.318. The lowest BCUT2D eigenvalue weighted by molar-refractivity contribution is 0.0829. The first-order valence-electron chi connectivity index (χ1n) is 4.95. The summed E-state index contributed by atoms with van der Waals surface area (Å²) in [5.74, 6) is -0.254. The van der Waals surface area contributed by atoms with Gasteiger partial charge >= 0.3 is 6.03 Å². The van der Waals surface area contributed by atoms with E-state index in [0.717, 1.165) is 10.0 Å². The van der Waals surface area contributed by atoms with Crippen molar-refractivity contribution >= 4 is 27.9 Å². The Kier molecular flexibility index (Phi) is 2.96. The van der Waals surface area contributed by atoms with Gasteiger partial charge in [0.2, 0.25) is 0 Å². The second-order valence-corrected chi connectivity index (χ2v) is 4.51. The summed E-state index contributed by atoms with van der Waals surface area (Å²) >= 11 is 3.37. The van der Waals surface area contributed by atoms with Crippen LogP contribution in [0.3, 0.4) is 0 Å². The van der Waals surface area contributed by atoms with Gasteiger partial charge in [0.1, 0.15) is 0 Å². The van der Waals surface area contributed by atoms with Crippen molar-refractivity contribution in [3.05, 3.63) is 33.8 Å². The van der Waals surface area contributed by atoms with Gasteiger partial charge < -0.3 is 5.32 Å². The van der Waals surface area contributed by atoms with Gasteiger partial charge in [0.15, 0.2) is 0 Å². The number of halogens is 1. The molecule has 0 saturated carbocycles. The molecule has 1 fully saturated rings. The highest BCUT2D eigenvalue weighted by Crippen LogP contribution is 2.19. The summed E-state index contributed by atoms with van der Waals surface area (Å²) in [7, 11) is 0. The third-order valence-corrected chi connectivity index (χ3v) is 3.38. The quantitative estimate of drug-likeness (QED) is 0.856. The molecule has 2 rings (SSSR count). The molecule has 0 bridgehead atoms. The Morgan fingerprint density at radius 1 is 1.50 bits per heavy atom. The number of urea groups is 1. The molecular formula is C11H11BrN2O2. The Balaban J connectivity index is 2.27. The summed E-state index contributed by atoms with van der Waals surface area (Å²) in [6.07, 6.45) is 0. The Bertz CT molecular complexity index is 459. The zero-order chi connectivity index (χ0) is 11.7. The number of carbonyl (C=O) groups is 2. The molecule has 16 heavy (non-hydrogen) atoms. The maximum Gasteiger partial charge on any atom is 0.324 e. The molecule has 1 heterocycles. The predicted molar refractivity (Wildman–Crippen MR) is 63.3 cm³/mol. The Morgan fingerprint density at radius 2 is 2.25 bits per heavy atom. The molecule has 3 amide bonds. The summed E-state index contributed by atoms with van der Waals surface area (Å²) in [6, 6.07) is 5.00. The molecule has 4 nitrogen and oxygen atoms in total. The van der Waals surface area contributed by atoms with Crippen LogP contribution in [0.4, 0.5) is 4.79 Å². The van der Waals surface area contributed by atoms with Gasteiger partial charge in [-0.1, -0.05) is 22.0 Å². The van der Waals surface area contributed by atoms with Gasteiger partial charge in [-0.2, -0.15) is 0 Å². The third kappa shape index (κ3) is 1.95. The maximum absolute atomic E-state index is 12.0. The number of benzene rings is 1. The molecule has 0 aromatic heterocycles. The Morgan fingerprint density at radius 3 is 2.81 bits per heavy atom. The van der Waals surface area contributed by atoms with Crippen LogP contribution >= 0.6 is 15.9 Å². The molecule has 5 heteroatoms. The van der Waals surface area contributed by atoms with Gasteiger partial charge in [-0.25, -0.2) is 4.79 Å². The van der Waals surface area contributed by atoms with Gasteiger partial charge in [-0.3, -0.25) is 9.69 Å². The van der Waals surface area contributed by atoms with Crippen molar-refractivity contribution in [2.75, 3.05) is 13.1 Å². The van der Waals surface area contributed by atoms with Crippen LogP contribution in [0.1, 0.15) is 15.9 Å². The van der Waals surface area contributed by atoms with E-state index in [9.17, 15) is 9.59 Å². The van der Waals surface area contributed by atoms with E-state index in [-0.39, 0.29) is 11.9 Å². The molecule has 1 aliphatic rings. The smallest absolute Gasteiger partial charge is 0.324 e. The van der Waals surface area contributed by atoms with Gasteiger partial charge in [0.25, 0.3) is 5.91 Å². The molecule has 1 saturated heterocycles. The van der Waals surface area contributed by atoms with Crippen LogP contribution < -0.4 is 5.32 Å². The van der Waals surface area contributed by atoms with Crippen molar-refractivity contribution in [3.63, 3.8) is 0 Å². The van der Waals surface area contributed by atoms with E-state index in [0.29, 0.717) is 18.7 Å². The molecule has 0 radical (unpaired) electrons. The van der Waals surface area contributed by atoms with Crippen molar-refractivity contribution in [2.45, 2.75) is 6.92 Å². The normalized spacial score (nSPS) is 15.1. The number of nitrogens with zero attached hydrogens (tertiary/aromatic N) is 1. The largest absolute Gasteiger partial charge is 0.336 e. The molecule has 84 valence electrons. The molecule has 1 N–H and O–H groups in total. The monoisotopic (exact) mass is 282 g/mol. The number of aryl methyl sites for hydroxylation is 1. The summed E-state index contributed by atoms with van der Waals surface area (Å²) in [5, 5.41) is 2.60. The van der Waals surface area contributed by atoms with Crippen molar-refractivity contribution in [1.29, 1.82) is 0 Å². The molecule has 1 aliphatic heterocycles. The maximum atomic E-state index is 12.0. The average Bonchev–Trinajstić information content (AvgIpc) is 2.67. The first-order valence-corrected chi connectivity index (χ1v) is 5.75. The van der Waals surface area contributed by atoms with E-state index in [1.54, 1.807) is 12.1 Å². The molecule has 0 aliphatic carbocycles. The van der Waals surface area contributed by atoms with E-state index in [2.05, 4.69) is 21.2 Å². The highest BCUT2D eigenvalue weighted by Gasteiger charge is 2.27. The Hall–Kier alpha value is -1.36. The number of rotatable bonds is 1. The van der Waals surface area contributed by atoms with E-state index in [1.165, 1.54) is 4.90 Å². The number of nitrogens with one attached hydrogen (secondary N) is 1. The van der Waals surface area contributed by atoms with Crippen LogP contribution in [0.2, 0.25) is 0 Å². The summed E-state index contributed by atoms with van der Waals surface area (Å²) in [5.41, 5.74) is 1.58. The fraction of sp³-hybridized carbons (Fsp3) is 0.273. The molecule has 1 aromatic rings. The molecule has 0 spiro atoms. The summed E-state index contributed by atoms with van der Waals surface area (Å²) in [6.45, 7) is 2.90. The van der Waals surface area contributed by atoms with E-state index in [1.807, 2.05) is 13.0 Å². The van der Waals surface area contributed by atoms with Crippen LogP contribution in [0.5, 0.6) is 0 Å². The number of imide groups is 1. The highest BCUT2D eigenvalue weighted by molar-refractivity contribution is 9.10. The van der Waals surface area contributed by atoms with Crippen LogP contribution in [0.25, 0.3) is 0 Å². The van der Waals surface area contributed by atoms with Crippen molar-refractivity contribution in [1.82, 2.24) is 10.2 Å². The zero-order valence-electron chi connectivity index (χ0n) is 8.79. The highest BCUT2D eigenvalue weighted by atomic mass is 79.9. The fourth-order valence-corrected chi connectivity index (χ4v) is 1.93. The summed E-state index contributed by atoms with van der Waals surface area (Å²) < 4.78 is 0.873. The fourth-order valence-electron chi connectivity index (χ4n) is 1.55. The second kappa shape index (κ2) is 4.25. The first kappa shape index (κ1) is 11.1. The topological polar surface area (TPSA) is 49.4 Å². The molecular weight excluding hydrogens is 272 g/mol. The van der Waals surface area contributed by atoms with Crippen LogP contribution in [-0.2, 0) is 0 Å². The average molecular weight is 283 g/mol. The SMILES string of the molecule is Cc1ccc(C(=O)N2CCNC2=O)cc1Br. The number of amides is 3. The van der Waals surface area contributed by atoms with E-state index >= 15 is 0 Å². The molecule has 0 atom stereocenters. The number of carbonyl (C=O) groups excluding carboxylic acids is 2. The predicted octanol–water partition coefficient (Wildman–Crippen LogP) is 1.92. The van der Waals surface area contributed by atoms with Crippen molar-refractivity contribution in [2.24, 2.45) is 0 Å². The van der Waals surface area contributed by atoms with Crippen molar-refractivity contribution in [3.8, 4) is 0 Å². The molecule has 1 aromatic carbocycles. The summed E-state index contributed by atoms with van der Waals surface area (Å²) in [4.78, 5) is 24.5. The van der Waals surface area contributed by atoms with E-state index < -0.39 is 0 Å². The van der Waals surface area contributed by atoms with Gasteiger partial charge in [-0.15, -0.1) is 0 Å². The van der Waals surface area contributed by atoms with Gasteiger partial charge in [0.05, 0.1) is 0 Å². The molecule has 0 unspecified atom stereocenters. The van der Waals surface area contributed by atoms with Crippen LogP contribution in [0, 0.1) is 6.92 Å². The lowest BCUT2D eigenvalue weighted by atomic mass is 10.1. The zero-order valence-corrected chi connectivity index (χ0v) is 10.4. The first-order chi connectivity index (χ1) is 7.59. The van der Waals surface area contributed by atoms with E-state index in [4.69, 9.17) is 0 Å². The number of hydrogen-bond acceptors (Lipinski definition) is 2. The lowest BCUT2D eigenvalue weighted by Gasteiger charge is -2.12. The lowest BCUT2D eigenvalue weighted by Crippen LogP contribution is -2.34. The third-order valence-electron chi connectivity index (χ3n) is 2.52. The van der Waals surface area contributed by atoms with Crippen LogP contribution in [0.15, 0.2) is 22.7 Å². The van der Waals surface area contributed by atoms with Crippen molar-refractivity contribution < 1.29 is 9.59 Å². The van der Waals surface area contributed by atoms with Gasteiger partial charge in [0, 0.05) is 23.1 Å². The Labute approximate surface area is 102 Å². The number of hydrogen-bond donors (Lipinski definition) is 1. The van der Waals surface area contributed by atoms with Gasteiger partial charge in [-0.05, 0) is 24.6 Å². The minimum absolute atomic E-state index is 0.254. The standard InChI is InChI=1S/C11H11BrN2O2/c1-7-2-3-8(6-9(7)12)10(15)14-5-4-13-11(14)16/h2-3,6H,4-5H2,1H3,(H,13,16). The second-order valence-electron chi connectivity index (χ2n) is 3.65. The minimum Gasteiger partial charge on any atom is -0.336 e.